The minimum Gasteiger partial charge on any atom is -0.450 e. The van der Waals surface area contributed by atoms with Gasteiger partial charge in [0.1, 0.15) is 5.17 Å². The van der Waals surface area contributed by atoms with E-state index in [-0.39, 0.29) is 18.0 Å². The maximum absolute atomic E-state index is 11.5. The molecule has 7 heteroatoms. The molecule has 1 N–H and O–H groups in total. The van der Waals surface area contributed by atoms with Gasteiger partial charge in [0.2, 0.25) is 5.96 Å². The molecule has 16 heavy (non-hydrogen) atoms. The van der Waals surface area contributed by atoms with Gasteiger partial charge in [-0.1, -0.05) is 11.6 Å². The van der Waals surface area contributed by atoms with E-state index < -0.39 is 0 Å². The third-order valence-corrected chi connectivity index (χ3v) is 2.78. The largest absolute Gasteiger partial charge is 0.450 e. The lowest BCUT2D eigenvalue weighted by molar-refractivity contribution is 0.116. The molecule has 0 radical (unpaired) electrons. The summed E-state index contributed by atoms with van der Waals surface area (Å²) >= 11 is 5.91. The fourth-order valence-electron chi connectivity index (χ4n) is 1.72. The molecule has 0 aromatic rings. The van der Waals surface area contributed by atoms with E-state index in [0.29, 0.717) is 30.6 Å². The van der Waals surface area contributed by atoms with Gasteiger partial charge in [0.15, 0.2) is 0 Å². The van der Waals surface area contributed by atoms with Crippen molar-refractivity contribution < 1.29 is 9.53 Å². The minimum atomic E-state index is -0.379. The first-order valence-electron chi connectivity index (χ1n) is 4.93. The van der Waals surface area contributed by atoms with Crippen molar-refractivity contribution in [2.45, 2.75) is 6.92 Å². The first kappa shape index (κ1) is 11.1. The number of nitrogens with zero attached hydrogens (tertiary/aromatic N) is 3. The molecule has 0 aliphatic carbocycles. The second kappa shape index (κ2) is 4.21. The predicted octanol–water partition coefficient (Wildman–Crippen LogP) is 1.10. The van der Waals surface area contributed by atoms with E-state index in [1.54, 1.807) is 6.92 Å². The molecule has 1 atom stereocenters. The van der Waals surface area contributed by atoms with Gasteiger partial charge in [-0.25, -0.2) is 14.8 Å². The highest BCUT2D eigenvalue weighted by Gasteiger charge is 2.37. The van der Waals surface area contributed by atoms with Crippen molar-refractivity contribution in [1.82, 2.24) is 4.90 Å². The summed E-state index contributed by atoms with van der Waals surface area (Å²) in [4.78, 5) is 20.7. The maximum atomic E-state index is 11.5. The summed E-state index contributed by atoms with van der Waals surface area (Å²) in [5.74, 6) is -0.276. The third kappa shape index (κ3) is 1.92. The molecular weight excluding hydrogens is 232 g/mol. The summed E-state index contributed by atoms with van der Waals surface area (Å²) in [6.45, 7) is 2.87. The van der Waals surface area contributed by atoms with E-state index >= 15 is 0 Å². The molecule has 1 unspecified atom stereocenters. The zero-order chi connectivity index (χ0) is 11.7. The van der Waals surface area contributed by atoms with Crippen molar-refractivity contribution >= 4 is 34.5 Å². The molecule has 0 spiro atoms. The maximum Gasteiger partial charge on any atom is 0.410 e. The van der Waals surface area contributed by atoms with Gasteiger partial charge < -0.3 is 9.64 Å². The monoisotopic (exact) mass is 242 g/mol. The highest BCUT2D eigenvalue weighted by molar-refractivity contribution is 6.69. The first-order chi connectivity index (χ1) is 7.61. The Hall–Kier alpha value is -1.43. The van der Waals surface area contributed by atoms with Crippen LogP contribution in [-0.4, -0.2) is 47.5 Å². The Balaban J connectivity index is 2.12. The molecule has 2 aliphatic rings. The number of carbonyl (C=O) groups excluding carboxylic acids is 1. The van der Waals surface area contributed by atoms with Crippen molar-refractivity contribution in [3.63, 3.8) is 0 Å². The molecular formula is C9H11ClN4O2. The molecule has 6 nitrogen and oxygen atoms in total. The Morgan fingerprint density at radius 3 is 3.12 bits per heavy atom. The van der Waals surface area contributed by atoms with Crippen LogP contribution in [-0.2, 0) is 4.74 Å². The number of amides is 1. The zero-order valence-electron chi connectivity index (χ0n) is 8.73. The van der Waals surface area contributed by atoms with Crippen LogP contribution >= 0.6 is 11.6 Å². The number of rotatable bonds is 1. The number of halogens is 1. The van der Waals surface area contributed by atoms with Crippen molar-refractivity contribution in [2.75, 3.05) is 19.7 Å². The molecule has 1 amide bonds. The second-order valence-corrected chi connectivity index (χ2v) is 3.88. The van der Waals surface area contributed by atoms with E-state index in [2.05, 4.69) is 9.98 Å². The van der Waals surface area contributed by atoms with Gasteiger partial charge in [0.05, 0.1) is 24.8 Å². The van der Waals surface area contributed by atoms with E-state index in [0.717, 1.165) is 0 Å². The fraction of sp³-hybridized carbons (Fsp3) is 0.556. The summed E-state index contributed by atoms with van der Waals surface area (Å²) in [7, 11) is 0. The standard InChI is InChI=1S/C9H11ClN4O2/c1-2-16-9(15)14-3-5-6(4-14)12-8(11)13-7(5)10/h5,11H,2-4H2,1H3. The lowest BCUT2D eigenvalue weighted by atomic mass is 10.1. The number of hydrogen-bond acceptors (Lipinski definition) is 3. The Bertz CT molecular complexity index is 404. The lowest BCUT2D eigenvalue weighted by Crippen LogP contribution is -2.30. The molecule has 86 valence electrons. The number of hydrogen-bond donors (Lipinski definition) is 1. The minimum absolute atomic E-state index is 0.109. The molecule has 1 fully saturated rings. The Kier molecular flexibility index (Phi) is 2.91. The van der Waals surface area contributed by atoms with Crippen LogP contribution in [0.5, 0.6) is 0 Å². The summed E-state index contributed by atoms with van der Waals surface area (Å²) in [6.07, 6.45) is -0.379. The Labute approximate surface area is 97.5 Å². The SMILES string of the molecule is CCOC(=O)N1CC2=NC(=N)N=C(Cl)C2C1. The zero-order valence-corrected chi connectivity index (χ0v) is 9.49. The quantitative estimate of drug-likeness (QED) is 0.747. The number of fused-ring (bicyclic) bond motifs is 1. The van der Waals surface area contributed by atoms with Crippen LogP contribution in [0.2, 0.25) is 0 Å². The third-order valence-electron chi connectivity index (χ3n) is 2.43. The summed E-state index contributed by atoms with van der Waals surface area (Å²) < 4.78 is 4.89. The van der Waals surface area contributed by atoms with Crippen molar-refractivity contribution in [3.8, 4) is 0 Å². The number of aliphatic imine (C=N–C) groups is 2. The van der Waals surface area contributed by atoms with Crippen LogP contribution in [0, 0.1) is 11.3 Å². The van der Waals surface area contributed by atoms with Crippen molar-refractivity contribution in [2.24, 2.45) is 15.9 Å². The lowest BCUT2D eigenvalue weighted by Gasteiger charge is -2.14. The average molecular weight is 243 g/mol. The average Bonchev–Trinajstić information content (AvgIpc) is 2.62. The highest BCUT2D eigenvalue weighted by Crippen LogP contribution is 2.22. The molecule has 2 aliphatic heterocycles. The second-order valence-electron chi connectivity index (χ2n) is 3.49. The smallest absolute Gasteiger partial charge is 0.410 e. The van der Waals surface area contributed by atoms with Crippen molar-refractivity contribution in [3.05, 3.63) is 0 Å². The summed E-state index contributed by atoms with van der Waals surface area (Å²) in [6, 6.07) is 0. The van der Waals surface area contributed by atoms with Crippen LogP contribution in [0.1, 0.15) is 6.92 Å². The summed E-state index contributed by atoms with van der Waals surface area (Å²) in [5.41, 5.74) is 0.707. The molecule has 2 rings (SSSR count). The van der Waals surface area contributed by atoms with Gasteiger partial charge in [0.25, 0.3) is 0 Å². The molecule has 2 heterocycles. The predicted molar refractivity (Wildman–Crippen MR) is 60.5 cm³/mol. The molecule has 1 saturated heterocycles. The van der Waals surface area contributed by atoms with Gasteiger partial charge in [-0.2, -0.15) is 0 Å². The van der Waals surface area contributed by atoms with Gasteiger partial charge in [-0.15, -0.1) is 0 Å². The molecule has 0 saturated carbocycles. The van der Waals surface area contributed by atoms with Crippen LogP contribution in [0.15, 0.2) is 9.98 Å². The van der Waals surface area contributed by atoms with E-state index in [9.17, 15) is 4.79 Å². The summed E-state index contributed by atoms with van der Waals surface area (Å²) in [5, 5.41) is 7.65. The van der Waals surface area contributed by atoms with E-state index in [4.69, 9.17) is 21.7 Å². The number of carbonyl (C=O) groups is 1. The number of guanidine groups is 1. The Morgan fingerprint density at radius 2 is 2.44 bits per heavy atom. The Morgan fingerprint density at radius 1 is 1.69 bits per heavy atom. The number of ether oxygens (including phenoxy) is 1. The van der Waals surface area contributed by atoms with Crippen LogP contribution in [0.4, 0.5) is 4.79 Å². The van der Waals surface area contributed by atoms with Crippen LogP contribution < -0.4 is 0 Å². The molecule has 0 bridgehead atoms. The first-order valence-corrected chi connectivity index (χ1v) is 5.31. The normalized spacial score (nSPS) is 23.8. The van der Waals surface area contributed by atoms with Crippen molar-refractivity contribution in [1.29, 1.82) is 5.41 Å². The van der Waals surface area contributed by atoms with E-state index in [1.807, 2.05) is 0 Å². The highest BCUT2D eigenvalue weighted by atomic mass is 35.5. The van der Waals surface area contributed by atoms with Gasteiger partial charge in [-0.05, 0) is 6.92 Å². The van der Waals surface area contributed by atoms with Gasteiger partial charge >= 0.3 is 6.09 Å². The number of likely N-dealkylation sites (tertiary alicyclic amines) is 1. The molecule has 0 aromatic heterocycles. The van der Waals surface area contributed by atoms with E-state index in [1.165, 1.54) is 4.90 Å². The van der Waals surface area contributed by atoms with Crippen LogP contribution in [0.25, 0.3) is 0 Å². The number of nitrogens with one attached hydrogen (secondary N) is 1. The van der Waals surface area contributed by atoms with Gasteiger partial charge in [-0.3, -0.25) is 5.41 Å². The van der Waals surface area contributed by atoms with Crippen LogP contribution in [0.3, 0.4) is 0 Å². The molecule has 0 aromatic carbocycles. The fourth-order valence-corrected chi connectivity index (χ4v) is 1.99. The topological polar surface area (TPSA) is 78.1 Å². The van der Waals surface area contributed by atoms with Gasteiger partial charge in [0, 0.05) is 6.54 Å².